The average molecular weight is 485 g/mol. The molecule has 33 heavy (non-hydrogen) atoms. The van der Waals surface area contributed by atoms with E-state index in [1.54, 1.807) is 0 Å². The molecule has 0 bridgehead atoms. The largest absolute Gasteiger partial charge is 0.502 e. The van der Waals surface area contributed by atoms with E-state index in [0.717, 1.165) is 38.6 Å². The van der Waals surface area contributed by atoms with Crippen LogP contribution in [0.3, 0.4) is 0 Å². The highest BCUT2D eigenvalue weighted by molar-refractivity contribution is 7.91. The van der Waals surface area contributed by atoms with Gasteiger partial charge in [0.15, 0.2) is 17.2 Å². The van der Waals surface area contributed by atoms with Crippen molar-refractivity contribution in [1.82, 2.24) is 9.58 Å². The quantitative estimate of drug-likeness (QED) is 0.543. The molecule has 2 heterocycles. The molecule has 3 rings (SSSR count). The van der Waals surface area contributed by atoms with Crippen molar-refractivity contribution in [1.29, 1.82) is 0 Å². The summed E-state index contributed by atoms with van der Waals surface area (Å²) in [6.07, 6.45) is 1.16. The van der Waals surface area contributed by atoms with E-state index in [1.807, 2.05) is 0 Å². The van der Waals surface area contributed by atoms with Gasteiger partial charge < -0.3 is 14.7 Å². The van der Waals surface area contributed by atoms with Gasteiger partial charge in [-0.05, 0) is 18.1 Å². The number of carbonyl (C=O) groups is 2. The fourth-order valence-electron chi connectivity index (χ4n) is 3.34. The summed E-state index contributed by atoms with van der Waals surface area (Å²) in [6, 6.07) is 2.84. The number of methoxy groups -OCH3 is 1. The number of nitrogens with zero attached hydrogens (tertiary/aromatic N) is 3. The zero-order chi connectivity index (χ0) is 24.5. The molecule has 10 nitrogen and oxygen atoms in total. The number of rotatable bonds is 8. The van der Waals surface area contributed by atoms with E-state index in [4.69, 9.17) is 4.74 Å². The Kier molecular flexibility index (Phi) is 6.84. The Labute approximate surface area is 187 Å². The molecule has 13 heteroatoms. The number of ether oxygens (including phenoxy) is 1. The van der Waals surface area contributed by atoms with E-state index in [0.29, 0.717) is 6.07 Å². The van der Waals surface area contributed by atoms with Crippen molar-refractivity contribution in [3.05, 3.63) is 63.1 Å². The van der Waals surface area contributed by atoms with Crippen LogP contribution < -0.4 is 9.84 Å². The predicted octanol–water partition coefficient (Wildman–Crippen LogP) is 0.605. The Balaban J connectivity index is 2.01. The zero-order valence-electron chi connectivity index (χ0n) is 17.7. The lowest BCUT2D eigenvalue weighted by molar-refractivity contribution is 0.0643. The lowest BCUT2D eigenvalue weighted by Gasteiger charge is -2.38. The van der Waals surface area contributed by atoms with Gasteiger partial charge in [0.2, 0.25) is 15.5 Å². The van der Waals surface area contributed by atoms with Crippen molar-refractivity contribution < 1.29 is 36.6 Å². The predicted molar refractivity (Wildman–Crippen MR) is 112 cm³/mol. The van der Waals surface area contributed by atoms with Gasteiger partial charge >= 0.3 is 0 Å². The smallest absolute Gasteiger partial charge is 0.278 e. The van der Waals surface area contributed by atoms with Crippen LogP contribution >= 0.6 is 0 Å². The molecule has 1 aromatic carbocycles. The van der Waals surface area contributed by atoms with Gasteiger partial charge in [-0.1, -0.05) is 6.07 Å². The van der Waals surface area contributed by atoms with Crippen molar-refractivity contribution >= 4 is 21.7 Å². The minimum atomic E-state index is -4.01. The first-order chi connectivity index (χ1) is 15.5. The number of halogens is 2. The maximum atomic E-state index is 13.8. The first-order valence-electron chi connectivity index (χ1n) is 9.67. The Bertz CT molecular complexity index is 1280. The second-order valence-corrected chi connectivity index (χ2v) is 9.25. The van der Waals surface area contributed by atoms with Gasteiger partial charge in [0.1, 0.15) is 18.3 Å². The van der Waals surface area contributed by atoms with E-state index in [1.165, 1.54) is 7.11 Å². The maximum Gasteiger partial charge on any atom is 0.278 e. The minimum Gasteiger partial charge on any atom is -0.502 e. The highest BCUT2D eigenvalue weighted by Crippen LogP contribution is 2.23. The number of benzene rings is 1. The number of ketones is 1. The van der Waals surface area contributed by atoms with E-state index < -0.39 is 62.5 Å². The highest BCUT2D eigenvalue weighted by atomic mass is 32.2. The van der Waals surface area contributed by atoms with Crippen molar-refractivity contribution in [2.24, 2.45) is 0 Å². The van der Waals surface area contributed by atoms with Gasteiger partial charge in [0, 0.05) is 32.3 Å². The number of Topliss-reactive ketones (excluding diaryl/α,β-unsaturated/α-hetero) is 1. The third-order valence-corrected chi connectivity index (χ3v) is 6.13. The Morgan fingerprint density at radius 2 is 1.94 bits per heavy atom. The van der Waals surface area contributed by atoms with Gasteiger partial charge in [-0.2, -0.15) is 4.41 Å². The Hall–Kier alpha value is -3.32. The van der Waals surface area contributed by atoms with Crippen LogP contribution in [0, 0.1) is 11.6 Å². The number of sulfonamides is 1. The fourth-order valence-corrected chi connectivity index (χ4v) is 4.13. The minimum absolute atomic E-state index is 0.0150. The van der Waals surface area contributed by atoms with Crippen molar-refractivity contribution in [2.75, 3.05) is 37.6 Å². The Morgan fingerprint density at radius 3 is 2.55 bits per heavy atom. The van der Waals surface area contributed by atoms with Crippen LogP contribution in [0.25, 0.3) is 0 Å². The van der Waals surface area contributed by atoms with Crippen LogP contribution in [0.15, 0.2) is 29.2 Å². The summed E-state index contributed by atoms with van der Waals surface area (Å²) in [7, 11) is -2.62. The average Bonchev–Trinajstić information content (AvgIpc) is 2.73. The molecule has 1 aromatic heterocycles. The first-order valence-corrected chi connectivity index (χ1v) is 11.5. The zero-order valence-corrected chi connectivity index (χ0v) is 18.6. The number of carbonyl (C=O) groups excluding carboxylic acids is 2. The Morgan fingerprint density at radius 1 is 1.24 bits per heavy atom. The molecule has 0 aliphatic carbocycles. The summed E-state index contributed by atoms with van der Waals surface area (Å²) in [4.78, 5) is 39.2. The molecule has 0 unspecified atom stereocenters. The third kappa shape index (κ3) is 4.88. The maximum absolute atomic E-state index is 13.8. The molecule has 0 saturated heterocycles. The van der Waals surface area contributed by atoms with Gasteiger partial charge in [-0.15, -0.1) is 0 Å². The van der Waals surface area contributed by atoms with E-state index in [2.05, 4.69) is 0 Å². The summed E-state index contributed by atoms with van der Waals surface area (Å²) < 4.78 is 58.0. The molecule has 0 saturated carbocycles. The molecule has 0 radical (unpaired) electrons. The second-order valence-electron chi connectivity index (χ2n) is 7.36. The van der Waals surface area contributed by atoms with E-state index in [-0.39, 0.29) is 31.6 Å². The molecule has 178 valence electrons. The number of aromatic hydroxyl groups is 1. The summed E-state index contributed by atoms with van der Waals surface area (Å²) >= 11 is 0. The number of fused-ring (bicyclic) bond motifs is 1. The van der Waals surface area contributed by atoms with Crippen LogP contribution in [-0.4, -0.2) is 68.0 Å². The summed E-state index contributed by atoms with van der Waals surface area (Å²) in [5.74, 6) is -4.39. The van der Waals surface area contributed by atoms with Gasteiger partial charge in [-0.3, -0.25) is 14.4 Å². The SMILES string of the molecule is COCCN1CN(S(C)(=O)=O)n2cc(C(=O)CCc3ccc(F)cc3F)c(=O)c(O)c2C1=O. The number of aromatic nitrogens is 1. The monoisotopic (exact) mass is 485 g/mol. The summed E-state index contributed by atoms with van der Waals surface area (Å²) in [5.41, 5.74) is -2.32. The van der Waals surface area contributed by atoms with Gasteiger partial charge in [0.05, 0.1) is 18.4 Å². The van der Waals surface area contributed by atoms with Crippen LogP contribution in [0.2, 0.25) is 0 Å². The number of amides is 1. The topological polar surface area (TPSA) is 126 Å². The number of pyridine rings is 1. The van der Waals surface area contributed by atoms with Gasteiger partial charge in [-0.25, -0.2) is 21.9 Å². The van der Waals surface area contributed by atoms with Crippen LogP contribution in [0.5, 0.6) is 5.75 Å². The molecule has 1 amide bonds. The summed E-state index contributed by atoms with van der Waals surface area (Å²) in [5, 5.41) is 10.4. The third-order valence-electron chi connectivity index (χ3n) is 5.07. The fraction of sp³-hybridized carbons (Fsp3) is 0.350. The number of aryl methyl sites for hydroxylation is 1. The molecule has 0 spiro atoms. The van der Waals surface area contributed by atoms with E-state index >= 15 is 0 Å². The van der Waals surface area contributed by atoms with Crippen molar-refractivity contribution in [3.63, 3.8) is 0 Å². The molecule has 2 aromatic rings. The van der Waals surface area contributed by atoms with Crippen LogP contribution in [0.1, 0.15) is 32.8 Å². The normalized spacial score (nSPS) is 13.9. The second kappa shape index (κ2) is 9.27. The van der Waals surface area contributed by atoms with Crippen LogP contribution in [0.4, 0.5) is 8.78 Å². The summed E-state index contributed by atoms with van der Waals surface area (Å²) in [6.45, 7) is -0.380. The first kappa shape index (κ1) is 24.3. The number of hydrogen-bond acceptors (Lipinski definition) is 7. The molecule has 1 aliphatic heterocycles. The molecule has 0 atom stereocenters. The molecule has 1 aliphatic rings. The number of hydrogen-bond donors (Lipinski definition) is 1. The van der Waals surface area contributed by atoms with E-state index in [9.17, 15) is 36.7 Å². The molecular weight excluding hydrogens is 464 g/mol. The van der Waals surface area contributed by atoms with Gasteiger partial charge in [0.25, 0.3) is 5.91 Å². The molecule has 1 N–H and O–H groups in total. The molecular formula is C20H21F2N3O7S. The lowest BCUT2D eigenvalue weighted by Crippen LogP contribution is -2.56. The lowest BCUT2D eigenvalue weighted by atomic mass is 10.0. The highest BCUT2D eigenvalue weighted by Gasteiger charge is 2.37. The standard InChI is InChI=1S/C20H21F2N3O7S/c1-32-8-7-23-11-25(33(2,30)31)24-10-14(18(27)19(28)17(24)20(23)29)16(26)6-4-12-3-5-13(21)9-15(12)22/h3,5,9-10,28H,4,6-8,11H2,1-2H3. The van der Waals surface area contributed by atoms with Crippen molar-refractivity contribution in [2.45, 2.75) is 12.8 Å². The van der Waals surface area contributed by atoms with Crippen LogP contribution in [-0.2, 0) is 21.2 Å². The molecule has 0 fully saturated rings. The van der Waals surface area contributed by atoms with Crippen molar-refractivity contribution in [3.8, 4) is 5.75 Å².